The molecule has 20 heavy (non-hydrogen) atoms. The van der Waals surface area contributed by atoms with Gasteiger partial charge in [-0.05, 0) is 30.5 Å². The van der Waals surface area contributed by atoms with E-state index in [2.05, 4.69) is 10.3 Å². The minimum Gasteiger partial charge on any atom is -0.497 e. The Morgan fingerprint density at radius 2 is 1.85 bits per heavy atom. The maximum atomic E-state index is 5.97. The highest BCUT2D eigenvalue weighted by atomic mass is 16.5. The molecule has 0 atom stereocenters. The number of hydrogen-bond donors (Lipinski definition) is 2. The van der Waals surface area contributed by atoms with E-state index in [1.165, 1.54) is 38.5 Å². The molecule has 3 N–H and O–H groups in total. The van der Waals surface area contributed by atoms with Crippen LogP contribution in [0.2, 0.25) is 0 Å². The first-order valence-corrected chi connectivity index (χ1v) is 7.47. The van der Waals surface area contributed by atoms with Gasteiger partial charge >= 0.3 is 0 Å². The number of aliphatic imine (C=N–C) groups is 1. The Balaban J connectivity index is 1.82. The van der Waals surface area contributed by atoms with Gasteiger partial charge in [0.2, 0.25) is 0 Å². The molecule has 4 heteroatoms. The summed E-state index contributed by atoms with van der Waals surface area (Å²) in [5, 5.41) is 3.35. The predicted molar refractivity (Wildman–Crippen MR) is 82.9 cm³/mol. The van der Waals surface area contributed by atoms with E-state index < -0.39 is 0 Å². The van der Waals surface area contributed by atoms with Crippen LogP contribution in [0.1, 0.15) is 44.1 Å². The fourth-order valence-corrected chi connectivity index (χ4v) is 2.59. The Morgan fingerprint density at radius 1 is 1.20 bits per heavy atom. The number of ether oxygens (including phenoxy) is 1. The lowest BCUT2D eigenvalue weighted by Crippen LogP contribution is -2.39. The molecule has 0 aromatic heterocycles. The second-order valence-electron chi connectivity index (χ2n) is 5.38. The van der Waals surface area contributed by atoms with E-state index in [9.17, 15) is 0 Å². The van der Waals surface area contributed by atoms with Crippen LogP contribution in [-0.4, -0.2) is 19.1 Å². The van der Waals surface area contributed by atoms with Crippen molar-refractivity contribution in [3.05, 3.63) is 29.8 Å². The highest BCUT2D eigenvalue weighted by Gasteiger charge is 2.12. The van der Waals surface area contributed by atoms with Crippen molar-refractivity contribution in [3.63, 3.8) is 0 Å². The minimum absolute atomic E-state index is 0.497. The molecule has 0 bridgehead atoms. The van der Waals surface area contributed by atoms with Crippen LogP contribution < -0.4 is 15.8 Å². The standard InChI is InChI=1S/C16H25N3O/c1-20-15-10-8-13(9-11-15)12-18-16(17)19-14-6-4-2-3-5-7-14/h8-11,14H,2-7,12H2,1H3,(H3,17,18,19). The van der Waals surface area contributed by atoms with Crippen LogP contribution in [-0.2, 0) is 6.54 Å². The van der Waals surface area contributed by atoms with Gasteiger partial charge in [-0.1, -0.05) is 37.8 Å². The molecule has 1 saturated carbocycles. The lowest BCUT2D eigenvalue weighted by atomic mass is 10.1. The molecule has 0 radical (unpaired) electrons. The third-order valence-electron chi connectivity index (χ3n) is 3.80. The van der Waals surface area contributed by atoms with Gasteiger partial charge in [0.25, 0.3) is 0 Å². The van der Waals surface area contributed by atoms with Crippen molar-refractivity contribution in [3.8, 4) is 5.75 Å². The second kappa shape index (κ2) is 7.78. The number of nitrogens with two attached hydrogens (primary N) is 1. The molecular formula is C16H25N3O. The maximum absolute atomic E-state index is 5.97. The number of nitrogens with zero attached hydrogens (tertiary/aromatic N) is 1. The van der Waals surface area contributed by atoms with Crippen molar-refractivity contribution in [2.45, 2.75) is 51.1 Å². The van der Waals surface area contributed by atoms with E-state index in [1.54, 1.807) is 7.11 Å². The molecule has 1 aromatic carbocycles. The molecule has 0 aliphatic heterocycles. The molecule has 2 rings (SSSR count). The summed E-state index contributed by atoms with van der Waals surface area (Å²) >= 11 is 0. The number of benzene rings is 1. The van der Waals surface area contributed by atoms with E-state index in [1.807, 2.05) is 24.3 Å². The van der Waals surface area contributed by atoms with Crippen LogP contribution in [0, 0.1) is 0 Å². The number of nitrogens with one attached hydrogen (secondary N) is 1. The third-order valence-corrected chi connectivity index (χ3v) is 3.80. The fraction of sp³-hybridized carbons (Fsp3) is 0.562. The minimum atomic E-state index is 0.497. The molecule has 0 saturated heterocycles. The summed E-state index contributed by atoms with van der Waals surface area (Å²) < 4.78 is 5.13. The van der Waals surface area contributed by atoms with Gasteiger partial charge in [-0.15, -0.1) is 0 Å². The molecule has 1 fully saturated rings. The van der Waals surface area contributed by atoms with E-state index >= 15 is 0 Å². The van der Waals surface area contributed by atoms with Gasteiger partial charge in [0.05, 0.1) is 13.7 Å². The first kappa shape index (κ1) is 14.7. The Labute approximate surface area is 121 Å². The lowest BCUT2D eigenvalue weighted by molar-refractivity contribution is 0.414. The van der Waals surface area contributed by atoms with E-state index in [0.717, 1.165) is 11.3 Å². The summed E-state index contributed by atoms with van der Waals surface area (Å²) in [6, 6.07) is 8.42. The summed E-state index contributed by atoms with van der Waals surface area (Å²) in [7, 11) is 1.67. The molecule has 0 unspecified atom stereocenters. The maximum Gasteiger partial charge on any atom is 0.189 e. The Morgan fingerprint density at radius 3 is 2.45 bits per heavy atom. The van der Waals surface area contributed by atoms with Gasteiger partial charge in [-0.2, -0.15) is 0 Å². The van der Waals surface area contributed by atoms with Crippen molar-refractivity contribution in [2.75, 3.05) is 7.11 Å². The summed E-state index contributed by atoms with van der Waals surface area (Å²) in [6.07, 6.45) is 7.70. The van der Waals surface area contributed by atoms with Gasteiger partial charge in [0.15, 0.2) is 5.96 Å². The molecule has 0 heterocycles. The molecule has 110 valence electrons. The molecule has 0 amide bonds. The quantitative estimate of drug-likeness (QED) is 0.504. The first-order chi connectivity index (χ1) is 9.78. The highest BCUT2D eigenvalue weighted by Crippen LogP contribution is 2.17. The second-order valence-corrected chi connectivity index (χ2v) is 5.38. The van der Waals surface area contributed by atoms with E-state index in [4.69, 9.17) is 10.5 Å². The number of rotatable bonds is 4. The van der Waals surface area contributed by atoms with Gasteiger partial charge in [-0.3, -0.25) is 0 Å². The van der Waals surface area contributed by atoms with Crippen LogP contribution in [0.15, 0.2) is 29.3 Å². The summed E-state index contributed by atoms with van der Waals surface area (Å²) in [6.45, 7) is 0.607. The van der Waals surface area contributed by atoms with Crippen LogP contribution in [0.3, 0.4) is 0 Å². The van der Waals surface area contributed by atoms with E-state index in [-0.39, 0.29) is 0 Å². The number of methoxy groups -OCH3 is 1. The van der Waals surface area contributed by atoms with Crippen LogP contribution in [0.5, 0.6) is 5.75 Å². The summed E-state index contributed by atoms with van der Waals surface area (Å²) in [5.74, 6) is 1.43. The molecule has 0 spiro atoms. The molecule has 1 aliphatic rings. The SMILES string of the molecule is COc1ccc(CN=C(N)NC2CCCCCC2)cc1. The zero-order valence-electron chi connectivity index (χ0n) is 12.3. The van der Waals surface area contributed by atoms with Crippen LogP contribution in [0.4, 0.5) is 0 Å². The average molecular weight is 275 g/mol. The Bertz CT molecular complexity index is 420. The Hall–Kier alpha value is -1.71. The normalized spacial score (nSPS) is 17.6. The van der Waals surface area contributed by atoms with Crippen molar-refractivity contribution in [1.82, 2.24) is 5.32 Å². The monoisotopic (exact) mass is 275 g/mol. The Kier molecular flexibility index (Phi) is 5.71. The lowest BCUT2D eigenvalue weighted by Gasteiger charge is -2.16. The van der Waals surface area contributed by atoms with E-state index in [0.29, 0.717) is 18.5 Å². The first-order valence-electron chi connectivity index (χ1n) is 7.47. The molecule has 1 aromatic rings. The summed E-state index contributed by atoms with van der Waals surface area (Å²) in [5.41, 5.74) is 7.11. The number of guanidine groups is 1. The zero-order valence-corrected chi connectivity index (χ0v) is 12.3. The van der Waals surface area contributed by atoms with Crippen molar-refractivity contribution < 1.29 is 4.74 Å². The number of hydrogen-bond acceptors (Lipinski definition) is 2. The third kappa shape index (κ3) is 4.76. The largest absolute Gasteiger partial charge is 0.497 e. The van der Waals surface area contributed by atoms with Crippen LogP contribution in [0.25, 0.3) is 0 Å². The van der Waals surface area contributed by atoms with Crippen molar-refractivity contribution >= 4 is 5.96 Å². The smallest absolute Gasteiger partial charge is 0.189 e. The summed E-state index contributed by atoms with van der Waals surface area (Å²) in [4.78, 5) is 4.42. The van der Waals surface area contributed by atoms with Crippen molar-refractivity contribution in [1.29, 1.82) is 0 Å². The molecular weight excluding hydrogens is 250 g/mol. The molecule has 4 nitrogen and oxygen atoms in total. The van der Waals surface area contributed by atoms with Gasteiger partial charge in [0, 0.05) is 6.04 Å². The average Bonchev–Trinajstić information content (AvgIpc) is 2.74. The zero-order chi connectivity index (χ0) is 14.2. The van der Waals surface area contributed by atoms with Gasteiger partial charge in [0.1, 0.15) is 5.75 Å². The molecule has 1 aliphatic carbocycles. The van der Waals surface area contributed by atoms with Gasteiger partial charge in [-0.25, -0.2) is 4.99 Å². The topological polar surface area (TPSA) is 59.6 Å². The van der Waals surface area contributed by atoms with Crippen molar-refractivity contribution in [2.24, 2.45) is 10.7 Å². The predicted octanol–water partition coefficient (Wildman–Crippen LogP) is 2.82. The van der Waals surface area contributed by atoms with Crippen LogP contribution >= 0.6 is 0 Å². The van der Waals surface area contributed by atoms with Gasteiger partial charge < -0.3 is 15.8 Å². The highest BCUT2D eigenvalue weighted by molar-refractivity contribution is 5.78. The fourth-order valence-electron chi connectivity index (χ4n) is 2.59.